The van der Waals surface area contributed by atoms with Gasteiger partial charge in [0.05, 0.1) is 5.54 Å². The lowest BCUT2D eigenvalue weighted by Crippen LogP contribution is -2.49. The molecule has 1 aliphatic heterocycles. The Labute approximate surface area is 125 Å². The molecule has 1 aliphatic carbocycles. The minimum absolute atomic E-state index is 0.165. The molecular weight excluding hydrogens is 266 g/mol. The maximum absolute atomic E-state index is 12.3. The Hall–Kier alpha value is -1.62. The highest BCUT2D eigenvalue weighted by molar-refractivity contribution is 5.83. The Morgan fingerprint density at radius 2 is 2.19 bits per heavy atom. The Balaban J connectivity index is 1.52. The number of piperidine rings is 1. The number of rotatable bonds is 5. The zero-order chi connectivity index (χ0) is 15.0. The van der Waals surface area contributed by atoms with Crippen LogP contribution in [-0.2, 0) is 4.79 Å². The van der Waals surface area contributed by atoms with E-state index in [-0.39, 0.29) is 11.8 Å². The van der Waals surface area contributed by atoms with E-state index in [9.17, 15) is 4.79 Å². The number of fused-ring (bicyclic) bond motifs is 1. The monoisotopic (exact) mass is 289 g/mol. The molecule has 0 spiro atoms. The maximum atomic E-state index is 12.3. The zero-order valence-corrected chi connectivity index (χ0v) is 12.8. The summed E-state index contributed by atoms with van der Waals surface area (Å²) in [5, 5.41) is 6.43. The Morgan fingerprint density at radius 3 is 2.86 bits per heavy atom. The van der Waals surface area contributed by atoms with Crippen LogP contribution in [0.2, 0.25) is 0 Å². The van der Waals surface area contributed by atoms with Crippen molar-refractivity contribution in [3.63, 3.8) is 0 Å². The van der Waals surface area contributed by atoms with Crippen LogP contribution in [-0.4, -0.2) is 36.1 Å². The molecule has 0 aromatic carbocycles. The summed E-state index contributed by atoms with van der Waals surface area (Å²) in [4.78, 5) is 16.5. The molecule has 1 saturated heterocycles. The summed E-state index contributed by atoms with van der Waals surface area (Å²) in [5.41, 5.74) is 0.605. The van der Waals surface area contributed by atoms with Gasteiger partial charge in [0.25, 0.3) is 0 Å². The molecule has 21 heavy (non-hydrogen) atoms. The van der Waals surface area contributed by atoms with Gasteiger partial charge < -0.3 is 15.4 Å². The summed E-state index contributed by atoms with van der Waals surface area (Å²) in [6.07, 6.45) is 1.71. The van der Waals surface area contributed by atoms with Crippen LogP contribution in [0.5, 0.6) is 5.88 Å². The lowest BCUT2D eigenvalue weighted by Gasteiger charge is -2.26. The van der Waals surface area contributed by atoms with Crippen LogP contribution in [0.15, 0.2) is 18.3 Å². The third kappa shape index (κ3) is 3.02. The first-order chi connectivity index (χ1) is 9.98. The third-order valence-electron chi connectivity index (χ3n) is 4.39. The summed E-state index contributed by atoms with van der Waals surface area (Å²) in [6, 6.07) is 3.85. The number of amides is 1. The van der Waals surface area contributed by atoms with Gasteiger partial charge in [-0.15, -0.1) is 0 Å². The van der Waals surface area contributed by atoms with E-state index in [1.807, 2.05) is 32.9 Å². The van der Waals surface area contributed by atoms with Gasteiger partial charge in [-0.05, 0) is 51.8 Å². The molecule has 1 amide bonds. The molecule has 2 aliphatic rings. The molecule has 2 heterocycles. The van der Waals surface area contributed by atoms with Crippen LogP contribution < -0.4 is 15.4 Å². The number of aromatic nitrogens is 1. The van der Waals surface area contributed by atoms with Crippen molar-refractivity contribution in [3.05, 3.63) is 23.9 Å². The number of nitrogens with one attached hydrogen (secondary N) is 2. The van der Waals surface area contributed by atoms with E-state index in [1.54, 1.807) is 6.20 Å². The molecule has 2 unspecified atom stereocenters. The Kier molecular flexibility index (Phi) is 3.61. The van der Waals surface area contributed by atoms with Crippen LogP contribution in [0.3, 0.4) is 0 Å². The number of carbonyl (C=O) groups excluding carboxylic acids is 1. The second-order valence-electron chi connectivity index (χ2n) is 6.80. The molecule has 5 heteroatoms. The molecular formula is C16H23N3O2. The van der Waals surface area contributed by atoms with Gasteiger partial charge in [0.15, 0.2) is 0 Å². The molecule has 114 valence electrons. The smallest absolute Gasteiger partial charge is 0.224 e. The summed E-state index contributed by atoms with van der Waals surface area (Å²) in [6.45, 7) is 8.31. The van der Waals surface area contributed by atoms with Crippen LogP contribution in [0.4, 0.5) is 0 Å². The van der Waals surface area contributed by atoms with Crippen LogP contribution >= 0.6 is 0 Å². The van der Waals surface area contributed by atoms with Crippen molar-refractivity contribution >= 4 is 5.91 Å². The zero-order valence-electron chi connectivity index (χ0n) is 12.8. The average molecular weight is 289 g/mol. The SMILES string of the molecule is Cc1cccnc1OCC(C)(C)NC(=O)C1C2CNC[C@H]21. The van der Waals surface area contributed by atoms with Crippen LogP contribution in [0.1, 0.15) is 19.4 Å². The summed E-state index contributed by atoms with van der Waals surface area (Å²) < 4.78 is 5.76. The molecule has 2 N–H and O–H groups in total. The number of pyridine rings is 1. The highest BCUT2D eigenvalue weighted by atomic mass is 16.5. The van der Waals surface area contributed by atoms with E-state index in [0.717, 1.165) is 18.7 Å². The van der Waals surface area contributed by atoms with Gasteiger partial charge in [-0.25, -0.2) is 4.98 Å². The van der Waals surface area contributed by atoms with Gasteiger partial charge in [-0.3, -0.25) is 4.79 Å². The highest BCUT2D eigenvalue weighted by Gasteiger charge is 2.57. The summed E-state index contributed by atoms with van der Waals surface area (Å²) in [7, 11) is 0. The quantitative estimate of drug-likeness (QED) is 0.853. The molecule has 0 radical (unpaired) electrons. The second-order valence-corrected chi connectivity index (χ2v) is 6.80. The first kappa shape index (κ1) is 14.3. The van der Waals surface area contributed by atoms with E-state index in [4.69, 9.17) is 4.74 Å². The second kappa shape index (κ2) is 5.30. The fraction of sp³-hybridized carbons (Fsp3) is 0.625. The topological polar surface area (TPSA) is 63.2 Å². The lowest BCUT2D eigenvalue weighted by molar-refractivity contribution is -0.125. The van der Waals surface area contributed by atoms with E-state index in [1.165, 1.54) is 0 Å². The Morgan fingerprint density at radius 1 is 1.48 bits per heavy atom. The minimum Gasteiger partial charge on any atom is -0.475 e. The van der Waals surface area contributed by atoms with Crippen LogP contribution in [0, 0.1) is 24.7 Å². The maximum Gasteiger partial charge on any atom is 0.224 e. The fourth-order valence-electron chi connectivity index (χ4n) is 3.13. The van der Waals surface area contributed by atoms with Gasteiger partial charge in [0, 0.05) is 17.7 Å². The standard InChI is InChI=1S/C16H23N3O2/c1-10-5-4-6-18-15(10)21-9-16(2,3)19-14(20)13-11-7-17-8-12(11)13/h4-6,11-13,17H,7-9H2,1-3H3,(H,19,20)/t11-,12?,13?/m1/s1. The Bertz CT molecular complexity index is 534. The van der Waals surface area contributed by atoms with Crippen molar-refractivity contribution in [2.45, 2.75) is 26.3 Å². The van der Waals surface area contributed by atoms with Gasteiger partial charge in [0.2, 0.25) is 11.8 Å². The lowest BCUT2D eigenvalue weighted by atomic mass is 10.1. The van der Waals surface area contributed by atoms with Gasteiger partial charge in [-0.1, -0.05) is 6.07 Å². The number of aryl methyl sites for hydroxylation is 1. The molecule has 1 aromatic rings. The molecule has 3 rings (SSSR count). The first-order valence-corrected chi connectivity index (χ1v) is 7.55. The van der Waals surface area contributed by atoms with E-state index in [0.29, 0.717) is 24.3 Å². The molecule has 1 saturated carbocycles. The summed E-state index contributed by atoms with van der Waals surface area (Å²) >= 11 is 0. The van der Waals surface area contributed by atoms with Crippen molar-refractivity contribution in [1.29, 1.82) is 0 Å². The third-order valence-corrected chi connectivity index (χ3v) is 4.39. The molecule has 5 nitrogen and oxygen atoms in total. The van der Waals surface area contributed by atoms with E-state index < -0.39 is 5.54 Å². The largest absolute Gasteiger partial charge is 0.475 e. The van der Waals surface area contributed by atoms with Gasteiger partial charge in [-0.2, -0.15) is 0 Å². The van der Waals surface area contributed by atoms with Crippen molar-refractivity contribution in [3.8, 4) is 5.88 Å². The van der Waals surface area contributed by atoms with Gasteiger partial charge in [0.1, 0.15) is 6.61 Å². The van der Waals surface area contributed by atoms with Crippen molar-refractivity contribution < 1.29 is 9.53 Å². The number of ether oxygens (including phenoxy) is 1. The van der Waals surface area contributed by atoms with Crippen molar-refractivity contribution in [2.24, 2.45) is 17.8 Å². The van der Waals surface area contributed by atoms with E-state index in [2.05, 4.69) is 15.6 Å². The number of nitrogens with zero attached hydrogens (tertiary/aromatic N) is 1. The van der Waals surface area contributed by atoms with E-state index >= 15 is 0 Å². The van der Waals surface area contributed by atoms with Gasteiger partial charge >= 0.3 is 0 Å². The highest BCUT2D eigenvalue weighted by Crippen LogP contribution is 2.48. The minimum atomic E-state index is -0.397. The van der Waals surface area contributed by atoms with Crippen LogP contribution in [0.25, 0.3) is 0 Å². The first-order valence-electron chi connectivity index (χ1n) is 7.55. The predicted molar refractivity (Wildman–Crippen MR) is 80.0 cm³/mol. The average Bonchev–Trinajstić information content (AvgIpc) is 2.92. The molecule has 2 fully saturated rings. The summed E-state index contributed by atoms with van der Waals surface area (Å²) in [5.74, 6) is 2.08. The molecule has 3 atom stereocenters. The molecule has 1 aromatic heterocycles. The predicted octanol–water partition coefficient (Wildman–Crippen LogP) is 1.13. The number of hydrogen-bond acceptors (Lipinski definition) is 4. The number of carbonyl (C=O) groups is 1. The fourth-order valence-corrected chi connectivity index (χ4v) is 3.13. The number of hydrogen-bond donors (Lipinski definition) is 2. The normalized spacial score (nSPS) is 27.1. The van der Waals surface area contributed by atoms with Crippen molar-refractivity contribution in [1.82, 2.24) is 15.6 Å². The van der Waals surface area contributed by atoms with Crippen molar-refractivity contribution in [2.75, 3.05) is 19.7 Å². The molecule has 0 bridgehead atoms.